The van der Waals surface area contributed by atoms with E-state index < -0.39 is 5.97 Å². The van der Waals surface area contributed by atoms with Crippen LogP contribution in [0.3, 0.4) is 0 Å². The average Bonchev–Trinajstić information content (AvgIpc) is 2.82. The summed E-state index contributed by atoms with van der Waals surface area (Å²) < 4.78 is 2.07. The highest BCUT2D eigenvalue weighted by molar-refractivity contribution is 7.99. The van der Waals surface area contributed by atoms with Crippen LogP contribution in [-0.4, -0.2) is 37.3 Å². The Bertz CT molecular complexity index is 454. The number of rotatable bonds is 2. The van der Waals surface area contributed by atoms with E-state index in [-0.39, 0.29) is 5.92 Å². The predicted octanol–water partition coefficient (Wildman–Crippen LogP) is 1.54. The minimum absolute atomic E-state index is 0.275. The molecule has 2 atom stereocenters. The lowest BCUT2D eigenvalue weighted by molar-refractivity contribution is -0.142. The Morgan fingerprint density at radius 1 is 1.39 bits per heavy atom. The molecule has 0 bridgehead atoms. The zero-order valence-corrected chi connectivity index (χ0v) is 11.0. The van der Waals surface area contributed by atoms with Gasteiger partial charge in [-0.2, -0.15) is 11.8 Å². The fourth-order valence-electron chi connectivity index (χ4n) is 2.80. The van der Waals surface area contributed by atoms with Crippen molar-refractivity contribution in [3.8, 4) is 0 Å². The number of hydrogen-bond donors (Lipinski definition) is 1. The van der Waals surface area contributed by atoms with Crippen molar-refractivity contribution in [1.29, 1.82) is 0 Å². The van der Waals surface area contributed by atoms with Crippen molar-refractivity contribution in [3.05, 3.63) is 11.6 Å². The summed E-state index contributed by atoms with van der Waals surface area (Å²) in [6, 6.07) is 0. The number of aryl methyl sites for hydroxylation is 1. The first kappa shape index (κ1) is 12.0. The van der Waals surface area contributed by atoms with Gasteiger partial charge in [-0.1, -0.05) is 0 Å². The third-order valence-electron chi connectivity index (χ3n) is 3.85. The van der Waals surface area contributed by atoms with Gasteiger partial charge in [0.05, 0.1) is 5.92 Å². The van der Waals surface area contributed by atoms with Crippen LogP contribution in [0.15, 0.2) is 0 Å². The van der Waals surface area contributed by atoms with Crippen LogP contribution in [0.2, 0.25) is 0 Å². The van der Waals surface area contributed by atoms with Crippen LogP contribution in [0.25, 0.3) is 0 Å². The minimum Gasteiger partial charge on any atom is -0.481 e. The van der Waals surface area contributed by atoms with Gasteiger partial charge in [-0.25, -0.2) is 0 Å². The SMILES string of the molecule is O=C(O)C1CCc2nnc(C3CCCSC3)n2C1. The Labute approximate surface area is 110 Å². The minimum atomic E-state index is -0.696. The van der Waals surface area contributed by atoms with Crippen molar-refractivity contribution in [3.63, 3.8) is 0 Å². The number of aromatic nitrogens is 3. The molecular weight excluding hydrogens is 250 g/mol. The van der Waals surface area contributed by atoms with Gasteiger partial charge in [-0.05, 0) is 25.0 Å². The summed E-state index contributed by atoms with van der Waals surface area (Å²) in [6.45, 7) is 0.550. The predicted molar refractivity (Wildman–Crippen MR) is 68.8 cm³/mol. The smallest absolute Gasteiger partial charge is 0.308 e. The highest BCUT2D eigenvalue weighted by Gasteiger charge is 2.30. The lowest BCUT2D eigenvalue weighted by Crippen LogP contribution is -2.28. The van der Waals surface area contributed by atoms with E-state index in [0.29, 0.717) is 18.9 Å². The summed E-state index contributed by atoms with van der Waals surface area (Å²) in [6.07, 6.45) is 3.81. The molecule has 5 nitrogen and oxygen atoms in total. The summed E-state index contributed by atoms with van der Waals surface area (Å²) in [5.41, 5.74) is 0. The zero-order chi connectivity index (χ0) is 12.5. The fourth-order valence-corrected chi connectivity index (χ4v) is 3.93. The Hall–Kier alpha value is -1.04. The standard InChI is InChI=1S/C12H17N3O2S/c16-12(17)8-3-4-10-13-14-11(15(10)6-8)9-2-1-5-18-7-9/h8-9H,1-7H2,(H,16,17). The van der Waals surface area contributed by atoms with Crippen molar-refractivity contribution < 1.29 is 9.90 Å². The first-order chi connectivity index (χ1) is 8.75. The van der Waals surface area contributed by atoms with Crippen molar-refractivity contribution in [2.45, 2.75) is 38.1 Å². The van der Waals surface area contributed by atoms with Crippen molar-refractivity contribution in [1.82, 2.24) is 14.8 Å². The molecule has 1 aromatic rings. The Kier molecular flexibility index (Phi) is 3.28. The molecule has 1 saturated heterocycles. The summed E-state index contributed by atoms with van der Waals surface area (Å²) in [4.78, 5) is 11.1. The molecule has 1 aromatic heterocycles. The van der Waals surface area contributed by atoms with E-state index >= 15 is 0 Å². The maximum atomic E-state index is 11.1. The molecule has 0 spiro atoms. The molecule has 0 saturated carbocycles. The number of fused-ring (bicyclic) bond motifs is 1. The number of hydrogen-bond acceptors (Lipinski definition) is 4. The van der Waals surface area contributed by atoms with E-state index in [0.717, 1.165) is 30.2 Å². The van der Waals surface area contributed by atoms with Crippen molar-refractivity contribution in [2.24, 2.45) is 5.92 Å². The van der Waals surface area contributed by atoms with Crippen molar-refractivity contribution in [2.75, 3.05) is 11.5 Å². The number of aliphatic carboxylic acids is 1. The molecule has 0 amide bonds. The first-order valence-corrected chi connectivity index (χ1v) is 7.63. The molecule has 0 radical (unpaired) electrons. The van der Waals surface area contributed by atoms with E-state index in [1.54, 1.807) is 0 Å². The number of nitrogens with zero attached hydrogens (tertiary/aromatic N) is 3. The summed E-state index contributed by atoms with van der Waals surface area (Å²) in [5.74, 6) is 3.80. The van der Waals surface area contributed by atoms with E-state index in [1.807, 2.05) is 11.8 Å². The number of carbonyl (C=O) groups is 1. The van der Waals surface area contributed by atoms with Gasteiger partial charge in [-0.15, -0.1) is 10.2 Å². The van der Waals surface area contributed by atoms with E-state index in [9.17, 15) is 4.79 Å². The molecule has 1 N–H and O–H groups in total. The lowest BCUT2D eigenvalue weighted by atomic mass is 9.98. The molecule has 2 aliphatic rings. The molecule has 6 heteroatoms. The molecular formula is C12H17N3O2S. The van der Waals surface area contributed by atoms with Crippen LogP contribution < -0.4 is 0 Å². The monoisotopic (exact) mass is 267 g/mol. The Balaban J connectivity index is 1.84. The molecule has 3 heterocycles. The third kappa shape index (κ3) is 2.13. The van der Waals surface area contributed by atoms with Crippen LogP contribution in [0.1, 0.15) is 36.8 Å². The molecule has 2 unspecified atom stereocenters. The normalized spacial score (nSPS) is 27.8. The number of carboxylic acids is 1. The molecule has 2 aliphatic heterocycles. The number of carboxylic acid groups (broad SMARTS) is 1. The van der Waals surface area contributed by atoms with Crippen LogP contribution in [0.4, 0.5) is 0 Å². The Morgan fingerprint density at radius 2 is 2.28 bits per heavy atom. The van der Waals surface area contributed by atoms with Gasteiger partial charge < -0.3 is 9.67 Å². The largest absolute Gasteiger partial charge is 0.481 e. The van der Waals surface area contributed by atoms with Crippen LogP contribution in [-0.2, 0) is 17.8 Å². The molecule has 1 fully saturated rings. The van der Waals surface area contributed by atoms with Gasteiger partial charge in [0.25, 0.3) is 0 Å². The average molecular weight is 267 g/mol. The maximum Gasteiger partial charge on any atom is 0.308 e. The van der Waals surface area contributed by atoms with E-state index in [1.165, 1.54) is 12.2 Å². The Morgan fingerprint density at radius 3 is 3.00 bits per heavy atom. The highest BCUT2D eigenvalue weighted by Crippen LogP contribution is 2.32. The first-order valence-electron chi connectivity index (χ1n) is 6.48. The van der Waals surface area contributed by atoms with Gasteiger partial charge in [0.2, 0.25) is 0 Å². The van der Waals surface area contributed by atoms with Gasteiger partial charge in [0.15, 0.2) is 0 Å². The zero-order valence-electron chi connectivity index (χ0n) is 10.2. The van der Waals surface area contributed by atoms with Gasteiger partial charge in [-0.3, -0.25) is 4.79 Å². The summed E-state index contributed by atoms with van der Waals surface area (Å²) in [5, 5.41) is 17.7. The fraction of sp³-hybridized carbons (Fsp3) is 0.750. The van der Waals surface area contributed by atoms with Gasteiger partial charge in [0, 0.05) is 24.6 Å². The van der Waals surface area contributed by atoms with E-state index in [2.05, 4.69) is 14.8 Å². The molecule has 0 aliphatic carbocycles. The molecule has 18 heavy (non-hydrogen) atoms. The van der Waals surface area contributed by atoms with Gasteiger partial charge in [0.1, 0.15) is 11.6 Å². The van der Waals surface area contributed by atoms with E-state index in [4.69, 9.17) is 5.11 Å². The second-order valence-corrected chi connectivity index (χ2v) is 6.22. The number of thioether (sulfide) groups is 1. The molecule has 98 valence electrons. The second kappa shape index (κ2) is 4.91. The van der Waals surface area contributed by atoms with Crippen molar-refractivity contribution >= 4 is 17.7 Å². The van der Waals surface area contributed by atoms with Crippen LogP contribution >= 0.6 is 11.8 Å². The lowest BCUT2D eigenvalue weighted by Gasteiger charge is -2.25. The molecule has 0 aromatic carbocycles. The quantitative estimate of drug-likeness (QED) is 0.880. The van der Waals surface area contributed by atoms with Crippen LogP contribution in [0.5, 0.6) is 0 Å². The summed E-state index contributed by atoms with van der Waals surface area (Å²) >= 11 is 1.96. The second-order valence-electron chi connectivity index (χ2n) is 5.07. The molecule has 3 rings (SSSR count). The summed E-state index contributed by atoms with van der Waals surface area (Å²) in [7, 11) is 0. The third-order valence-corrected chi connectivity index (χ3v) is 5.07. The highest BCUT2D eigenvalue weighted by atomic mass is 32.2. The topological polar surface area (TPSA) is 68.0 Å². The maximum absolute atomic E-state index is 11.1. The van der Waals surface area contributed by atoms with Gasteiger partial charge >= 0.3 is 5.97 Å². The van der Waals surface area contributed by atoms with Crippen LogP contribution in [0, 0.1) is 5.92 Å².